The lowest BCUT2D eigenvalue weighted by Crippen LogP contribution is -2.08. The standard InChI is InChI=1S/C14H11ClN2O3/c1-8-2-4-9(5-3-8)14(18)11-6-10(15)7-12(13(11)16)17(19)20/h2-7H,16H2,1H3. The van der Waals surface area contributed by atoms with Crippen molar-refractivity contribution in [2.75, 3.05) is 5.73 Å². The second-order valence-electron chi connectivity index (χ2n) is 4.34. The zero-order chi connectivity index (χ0) is 14.9. The Labute approximate surface area is 120 Å². The summed E-state index contributed by atoms with van der Waals surface area (Å²) in [7, 11) is 0. The van der Waals surface area contributed by atoms with E-state index < -0.39 is 10.7 Å². The summed E-state index contributed by atoms with van der Waals surface area (Å²) < 4.78 is 0. The monoisotopic (exact) mass is 290 g/mol. The number of rotatable bonds is 3. The maximum atomic E-state index is 12.3. The van der Waals surface area contributed by atoms with Gasteiger partial charge in [0, 0.05) is 16.7 Å². The topological polar surface area (TPSA) is 86.2 Å². The Morgan fingerprint density at radius 1 is 1.25 bits per heavy atom. The summed E-state index contributed by atoms with van der Waals surface area (Å²) in [5.41, 5.74) is 6.60. The van der Waals surface area contributed by atoms with Gasteiger partial charge < -0.3 is 5.73 Å². The zero-order valence-electron chi connectivity index (χ0n) is 10.6. The summed E-state index contributed by atoms with van der Waals surface area (Å²) in [5.74, 6) is -0.395. The first kappa shape index (κ1) is 14.0. The summed E-state index contributed by atoms with van der Waals surface area (Å²) in [6.07, 6.45) is 0. The van der Waals surface area contributed by atoms with Crippen LogP contribution in [0.4, 0.5) is 11.4 Å². The van der Waals surface area contributed by atoms with Crippen molar-refractivity contribution in [1.29, 1.82) is 0 Å². The van der Waals surface area contributed by atoms with E-state index in [2.05, 4.69) is 0 Å². The number of hydrogen-bond donors (Lipinski definition) is 1. The van der Waals surface area contributed by atoms with Gasteiger partial charge in [-0.25, -0.2) is 0 Å². The van der Waals surface area contributed by atoms with Crippen LogP contribution in [0.5, 0.6) is 0 Å². The molecule has 0 saturated carbocycles. The predicted molar refractivity (Wildman–Crippen MR) is 77.1 cm³/mol. The summed E-state index contributed by atoms with van der Waals surface area (Å²) in [4.78, 5) is 22.6. The Balaban J connectivity index is 2.55. The molecule has 2 aromatic rings. The molecule has 5 nitrogen and oxygen atoms in total. The molecule has 0 heterocycles. The quantitative estimate of drug-likeness (QED) is 0.406. The number of ketones is 1. The molecule has 6 heteroatoms. The fourth-order valence-corrected chi connectivity index (χ4v) is 2.02. The first-order valence-electron chi connectivity index (χ1n) is 5.75. The van der Waals surface area contributed by atoms with Gasteiger partial charge in [0.15, 0.2) is 5.78 Å². The average molecular weight is 291 g/mol. The molecule has 20 heavy (non-hydrogen) atoms. The molecule has 0 amide bonds. The van der Waals surface area contributed by atoms with Crippen molar-refractivity contribution in [3.8, 4) is 0 Å². The van der Waals surface area contributed by atoms with E-state index in [9.17, 15) is 14.9 Å². The number of carbonyl (C=O) groups is 1. The summed E-state index contributed by atoms with van der Waals surface area (Å²) in [5, 5.41) is 11.0. The van der Waals surface area contributed by atoms with Crippen molar-refractivity contribution in [2.45, 2.75) is 6.92 Å². The average Bonchev–Trinajstić information content (AvgIpc) is 2.41. The molecule has 2 N–H and O–H groups in total. The highest BCUT2D eigenvalue weighted by Crippen LogP contribution is 2.31. The van der Waals surface area contributed by atoms with Crippen LogP contribution < -0.4 is 5.73 Å². The highest BCUT2D eigenvalue weighted by Gasteiger charge is 2.21. The van der Waals surface area contributed by atoms with Gasteiger partial charge in [0.1, 0.15) is 5.69 Å². The van der Waals surface area contributed by atoms with E-state index in [-0.39, 0.29) is 22.0 Å². The van der Waals surface area contributed by atoms with Gasteiger partial charge >= 0.3 is 0 Å². The van der Waals surface area contributed by atoms with Crippen molar-refractivity contribution < 1.29 is 9.72 Å². The Kier molecular flexibility index (Phi) is 3.72. The van der Waals surface area contributed by atoms with E-state index in [0.29, 0.717) is 5.56 Å². The summed E-state index contributed by atoms with van der Waals surface area (Å²) in [6.45, 7) is 1.90. The molecular formula is C14H11ClN2O3. The molecule has 2 rings (SSSR count). The Morgan fingerprint density at radius 2 is 1.85 bits per heavy atom. The number of aryl methyl sites for hydroxylation is 1. The van der Waals surface area contributed by atoms with Gasteiger partial charge in [-0.1, -0.05) is 41.4 Å². The first-order valence-corrected chi connectivity index (χ1v) is 6.12. The lowest BCUT2D eigenvalue weighted by molar-refractivity contribution is -0.383. The van der Waals surface area contributed by atoms with Gasteiger partial charge in [0.2, 0.25) is 0 Å². The van der Waals surface area contributed by atoms with Crippen LogP contribution in [0.1, 0.15) is 21.5 Å². The van der Waals surface area contributed by atoms with Gasteiger partial charge in [0.25, 0.3) is 5.69 Å². The summed E-state index contributed by atoms with van der Waals surface area (Å²) >= 11 is 5.81. The molecule has 0 bridgehead atoms. The molecule has 0 aliphatic heterocycles. The van der Waals surface area contributed by atoms with E-state index in [1.54, 1.807) is 24.3 Å². The number of benzene rings is 2. The minimum absolute atomic E-state index is 0.0352. The molecule has 0 spiro atoms. The van der Waals surface area contributed by atoms with Crippen LogP contribution in [0, 0.1) is 17.0 Å². The minimum Gasteiger partial charge on any atom is -0.393 e. The van der Waals surface area contributed by atoms with Crippen LogP contribution >= 0.6 is 11.6 Å². The van der Waals surface area contributed by atoms with Crippen LogP contribution in [-0.4, -0.2) is 10.7 Å². The Bertz CT molecular complexity index is 696. The lowest BCUT2D eigenvalue weighted by Gasteiger charge is -2.07. The number of hydrogen-bond acceptors (Lipinski definition) is 4. The van der Waals surface area contributed by atoms with E-state index >= 15 is 0 Å². The van der Waals surface area contributed by atoms with E-state index in [4.69, 9.17) is 17.3 Å². The molecule has 0 aliphatic carbocycles. The van der Waals surface area contributed by atoms with Crippen molar-refractivity contribution in [3.63, 3.8) is 0 Å². The molecule has 0 aliphatic rings. The Hall–Kier alpha value is -2.40. The van der Waals surface area contributed by atoms with Crippen LogP contribution in [0.3, 0.4) is 0 Å². The third-order valence-corrected chi connectivity index (χ3v) is 3.10. The molecule has 2 aromatic carbocycles. The van der Waals surface area contributed by atoms with Crippen LogP contribution in [0.15, 0.2) is 36.4 Å². The number of halogens is 1. The van der Waals surface area contributed by atoms with Crippen LogP contribution in [-0.2, 0) is 0 Å². The second-order valence-corrected chi connectivity index (χ2v) is 4.77. The van der Waals surface area contributed by atoms with Gasteiger partial charge in [-0.3, -0.25) is 14.9 Å². The van der Waals surface area contributed by atoms with Gasteiger partial charge in [0.05, 0.1) is 10.5 Å². The third-order valence-electron chi connectivity index (χ3n) is 2.88. The molecular weight excluding hydrogens is 280 g/mol. The first-order chi connectivity index (χ1) is 9.40. The number of nitro groups is 1. The lowest BCUT2D eigenvalue weighted by atomic mass is 10.00. The molecule has 0 saturated heterocycles. The predicted octanol–water partition coefficient (Wildman–Crippen LogP) is 3.37. The van der Waals surface area contributed by atoms with Gasteiger partial charge in [-0.05, 0) is 13.0 Å². The second kappa shape index (κ2) is 5.30. The van der Waals surface area contributed by atoms with E-state index in [1.807, 2.05) is 6.92 Å². The maximum Gasteiger partial charge on any atom is 0.294 e. The molecule has 0 unspecified atom stereocenters. The smallest absolute Gasteiger partial charge is 0.294 e. The maximum absolute atomic E-state index is 12.3. The fourth-order valence-electron chi connectivity index (χ4n) is 1.80. The van der Waals surface area contributed by atoms with Gasteiger partial charge in [-0.15, -0.1) is 0 Å². The van der Waals surface area contributed by atoms with Crippen LogP contribution in [0.25, 0.3) is 0 Å². The molecule has 0 aromatic heterocycles. The van der Waals surface area contributed by atoms with E-state index in [1.165, 1.54) is 6.07 Å². The Morgan fingerprint density at radius 3 is 2.40 bits per heavy atom. The number of nitro benzene ring substituents is 1. The van der Waals surface area contributed by atoms with Crippen LogP contribution in [0.2, 0.25) is 5.02 Å². The number of nitrogens with two attached hydrogens (primary N) is 1. The van der Waals surface area contributed by atoms with Crippen molar-refractivity contribution >= 4 is 28.8 Å². The van der Waals surface area contributed by atoms with Crippen molar-refractivity contribution in [3.05, 3.63) is 68.2 Å². The highest BCUT2D eigenvalue weighted by molar-refractivity contribution is 6.31. The fraction of sp³-hybridized carbons (Fsp3) is 0.0714. The number of carbonyl (C=O) groups excluding carboxylic acids is 1. The molecule has 0 atom stereocenters. The highest BCUT2D eigenvalue weighted by atomic mass is 35.5. The SMILES string of the molecule is Cc1ccc(C(=O)c2cc(Cl)cc([N+](=O)[O-])c2N)cc1. The number of anilines is 1. The largest absolute Gasteiger partial charge is 0.393 e. The third kappa shape index (κ3) is 2.62. The molecule has 0 fully saturated rings. The van der Waals surface area contributed by atoms with Gasteiger partial charge in [-0.2, -0.15) is 0 Å². The summed E-state index contributed by atoms with van der Waals surface area (Å²) in [6, 6.07) is 9.31. The molecule has 0 radical (unpaired) electrons. The zero-order valence-corrected chi connectivity index (χ0v) is 11.3. The molecule has 102 valence electrons. The normalized spacial score (nSPS) is 10.3. The number of nitrogens with zero attached hydrogens (tertiary/aromatic N) is 1. The van der Waals surface area contributed by atoms with Crippen molar-refractivity contribution in [1.82, 2.24) is 0 Å². The minimum atomic E-state index is -0.660. The number of nitrogen functional groups attached to an aromatic ring is 1. The van der Waals surface area contributed by atoms with Crippen molar-refractivity contribution in [2.24, 2.45) is 0 Å². The van der Waals surface area contributed by atoms with E-state index in [0.717, 1.165) is 11.6 Å².